The highest BCUT2D eigenvalue weighted by atomic mass is 16.1. The van der Waals surface area contributed by atoms with Gasteiger partial charge in [-0.05, 0) is 23.3 Å². The summed E-state index contributed by atoms with van der Waals surface area (Å²) < 4.78 is 1.87. The largest absolute Gasteiger partial charge is 0.293 e. The SMILES string of the molecule is CC(=O)C[n+]1ccc(-c2ccncc2)cc1. The summed E-state index contributed by atoms with van der Waals surface area (Å²) in [6.45, 7) is 2.01. The van der Waals surface area contributed by atoms with Crippen molar-refractivity contribution in [2.75, 3.05) is 0 Å². The molecule has 2 aromatic heterocycles. The van der Waals surface area contributed by atoms with Gasteiger partial charge in [0.25, 0.3) is 0 Å². The highest BCUT2D eigenvalue weighted by Gasteiger charge is 2.04. The third-order valence-electron chi connectivity index (χ3n) is 2.31. The lowest BCUT2D eigenvalue weighted by atomic mass is 10.1. The molecule has 0 fully saturated rings. The van der Waals surface area contributed by atoms with Crippen LogP contribution in [0.25, 0.3) is 11.1 Å². The molecule has 0 aliphatic rings. The second-order valence-electron chi connectivity index (χ2n) is 3.70. The van der Waals surface area contributed by atoms with Crippen LogP contribution in [-0.4, -0.2) is 10.8 Å². The molecule has 0 atom stereocenters. The van der Waals surface area contributed by atoms with Crippen molar-refractivity contribution in [3.63, 3.8) is 0 Å². The minimum atomic E-state index is 0.154. The first-order valence-corrected chi connectivity index (χ1v) is 5.14. The van der Waals surface area contributed by atoms with Crippen LogP contribution in [0, 0.1) is 0 Å². The van der Waals surface area contributed by atoms with E-state index in [0.717, 1.165) is 11.1 Å². The number of hydrogen-bond donors (Lipinski definition) is 0. The number of pyridine rings is 2. The molecule has 2 rings (SSSR count). The topological polar surface area (TPSA) is 33.8 Å². The zero-order valence-electron chi connectivity index (χ0n) is 9.13. The van der Waals surface area contributed by atoms with Gasteiger partial charge in [0.05, 0.1) is 0 Å². The zero-order valence-corrected chi connectivity index (χ0v) is 9.13. The molecule has 2 heterocycles. The summed E-state index contributed by atoms with van der Waals surface area (Å²) in [4.78, 5) is 14.9. The van der Waals surface area contributed by atoms with Crippen LogP contribution in [0.4, 0.5) is 0 Å². The van der Waals surface area contributed by atoms with Crippen LogP contribution in [-0.2, 0) is 11.3 Å². The Hall–Kier alpha value is -2.03. The first kappa shape index (κ1) is 10.5. The van der Waals surface area contributed by atoms with E-state index in [1.165, 1.54) is 0 Å². The maximum atomic E-state index is 10.9. The Morgan fingerprint density at radius 1 is 1.12 bits per heavy atom. The predicted molar refractivity (Wildman–Crippen MR) is 60.5 cm³/mol. The number of Topliss-reactive ketones (excluding diaryl/α,β-unsaturated/α-hetero) is 1. The van der Waals surface area contributed by atoms with Gasteiger partial charge in [-0.3, -0.25) is 9.78 Å². The number of carbonyl (C=O) groups is 1. The third-order valence-corrected chi connectivity index (χ3v) is 2.31. The van der Waals surface area contributed by atoms with Gasteiger partial charge in [0.2, 0.25) is 6.54 Å². The van der Waals surface area contributed by atoms with Crippen LogP contribution in [0.1, 0.15) is 6.92 Å². The van der Waals surface area contributed by atoms with Crippen molar-refractivity contribution < 1.29 is 9.36 Å². The number of carbonyl (C=O) groups excluding carboxylic acids is 1. The van der Waals surface area contributed by atoms with Crippen LogP contribution in [0.3, 0.4) is 0 Å². The van der Waals surface area contributed by atoms with Crippen LogP contribution < -0.4 is 4.57 Å². The molecule has 0 bridgehead atoms. The van der Waals surface area contributed by atoms with E-state index in [2.05, 4.69) is 4.98 Å². The molecule has 0 radical (unpaired) electrons. The van der Waals surface area contributed by atoms with Crippen molar-refractivity contribution in [1.82, 2.24) is 4.98 Å². The Balaban J connectivity index is 2.23. The molecule has 2 aromatic rings. The lowest BCUT2D eigenvalue weighted by Crippen LogP contribution is -2.35. The minimum Gasteiger partial charge on any atom is -0.293 e. The monoisotopic (exact) mass is 213 g/mol. The van der Waals surface area contributed by atoms with Gasteiger partial charge in [0.1, 0.15) is 0 Å². The number of rotatable bonds is 3. The third kappa shape index (κ3) is 2.51. The number of aromatic nitrogens is 2. The molecule has 0 aliphatic heterocycles. The summed E-state index contributed by atoms with van der Waals surface area (Å²) >= 11 is 0. The molecule has 3 nitrogen and oxygen atoms in total. The summed E-state index contributed by atoms with van der Waals surface area (Å²) in [5, 5.41) is 0. The van der Waals surface area contributed by atoms with Gasteiger partial charge in [-0.1, -0.05) is 0 Å². The summed E-state index contributed by atoms with van der Waals surface area (Å²) in [5.74, 6) is 0.154. The molecular weight excluding hydrogens is 200 g/mol. The van der Waals surface area contributed by atoms with Gasteiger partial charge in [-0.2, -0.15) is 4.57 Å². The second kappa shape index (κ2) is 4.66. The summed E-state index contributed by atoms with van der Waals surface area (Å²) in [6.07, 6.45) is 7.37. The summed E-state index contributed by atoms with van der Waals surface area (Å²) in [7, 11) is 0. The first-order valence-electron chi connectivity index (χ1n) is 5.14. The van der Waals surface area contributed by atoms with Crippen molar-refractivity contribution in [1.29, 1.82) is 0 Å². The molecule has 0 saturated heterocycles. The molecule has 0 amide bonds. The molecule has 0 N–H and O–H groups in total. The number of hydrogen-bond acceptors (Lipinski definition) is 2. The van der Waals surface area contributed by atoms with E-state index in [9.17, 15) is 4.79 Å². The smallest absolute Gasteiger partial charge is 0.206 e. The van der Waals surface area contributed by atoms with Crippen molar-refractivity contribution in [2.45, 2.75) is 13.5 Å². The van der Waals surface area contributed by atoms with Gasteiger partial charge in [-0.15, -0.1) is 0 Å². The van der Waals surface area contributed by atoms with Crippen molar-refractivity contribution in [3.8, 4) is 11.1 Å². The highest BCUT2D eigenvalue weighted by molar-refractivity contribution is 5.73. The van der Waals surface area contributed by atoms with Gasteiger partial charge in [-0.25, -0.2) is 0 Å². The fourth-order valence-electron chi connectivity index (χ4n) is 1.56. The van der Waals surface area contributed by atoms with Crippen molar-refractivity contribution >= 4 is 5.78 Å². The average molecular weight is 213 g/mol. The van der Waals surface area contributed by atoms with Gasteiger partial charge < -0.3 is 0 Å². The van der Waals surface area contributed by atoms with E-state index in [4.69, 9.17) is 0 Å². The molecule has 3 heteroatoms. The molecule has 0 unspecified atom stereocenters. The van der Waals surface area contributed by atoms with Crippen LogP contribution in [0.2, 0.25) is 0 Å². The summed E-state index contributed by atoms with van der Waals surface area (Å²) in [6, 6.07) is 7.92. The Labute approximate surface area is 94.4 Å². The van der Waals surface area contributed by atoms with Gasteiger partial charge >= 0.3 is 0 Å². The Morgan fingerprint density at radius 3 is 2.25 bits per heavy atom. The maximum Gasteiger partial charge on any atom is 0.206 e. The van der Waals surface area contributed by atoms with Crippen LogP contribution >= 0.6 is 0 Å². The molecule has 16 heavy (non-hydrogen) atoms. The van der Waals surface area contributed by atoms with Crippen LogP contribution in [0.5, 0.6) is 0 Å². The molecule has 80 valence electrons. The fourth-order valence-corrected chi connectivity index (χ4v) is 1.56. The van der Waals surface area contributed by atoms with Crippen LogP contribution in [0.15, 0.2) is 49.1 Å². The van der Waals surface area contributed by atoms with E-state index >= 15 is 0 Å². The maximum absolute atomic E-state index is 10.9. The Bertz CT molecular complexity index is 477. The predicted octanol–water partition coefficient (Wildman–Crippen LogP) is 1.63. The standard InChI is InChI=1S/C13H13N2O/c1-11(16)10-15-8-4-13(5-9-15)12-2-6-14-7-3-12/h2-9H,10H2,1H3/q+1. The number of ketones is 1. The van der Waals surface area contributed by atoms with Crippen molar-refractivity contribution in [2.24, 2.45) is 0 Å². The Morgan fingerprint density at radius 2 is 1.69 bits per heavy atom. The van der Waals surface area contributed by atoms with E-state index < -0.39 is 0 Å². The highest BCUT2D eigenvalue weighted by Crippen LogP contribution is 2.15. The lowest BCUT2D eigenvalue weighted by molar-refractivity contribution is -0.684. The Kier molecular flexibility index (Phi) is 3.05. The van der Waals surface area contributed by atoms with Gasteiger partial charge in [0.15, 0.2) is 18.2 Å². The quantitative estimate of drug-likeness (QED) is 0.726. The lowest BCUT2D eigenvalue weighted by Gasteiger charge is -1.99. The zero-order chi connectivity index (χ0) is 11.4. The molecule has 0 saturated carbocycles. The van der Waals surface area contributed by atoms with E-state index in [1.807, 2.05) is 41.2 Å². The van der Waals surface area contributed by atoms with E-state index in [1.54, 1.807) is 19.3 Å². The van der Waals surface area contributed by atoms with Gasteiger partial charge in [0, 0.05) is 31.5 Å². The molecule has 0 aromatic carbocycles. The van der Waals surface area contributed by atoms with E-state index in [0.29, 0.717) is 6.54 Å². The first-order chi connectivity index (χ1) is 7.75. The number of nitrogens with zero attached hydrogens (tertiary/aromatic N) is 2. The molecule has 0 aliphatic carbocycles. The molecular formula is C13H13N2O+. The second-order valence-corrected chi connectivity index (χ2v) is 3.70. The normalized spacial score (nSPS) is 10.1. The summed E-state index contributed by atoms with van der Waals surface area (Å²) in [5.41, 5.74) is 2.26. The average Bonchev–Trinajstić information content (AvgIpc) is 2.30. The van der Waals surface area contributed by atoms with Crippen molar-refractivity contribution in [3.05, 3.63) is 49.1 Å². The van der Waals surface area contributed by atoms with E-state index in [-0.39, 0.29) is 5.78 Å². The fraction of sp³-hybridized carbons (Fsp3) is 0.154. The minimum absolute atomic E-state index is 0.154. The molecule has 0 spiro atoms.